The van der Waals surface area contributed by atoms with Crippen LogP contribution in [-0.2, 0) is 6.54 Å². The lowest BCUT2D eigenvalue weighted by Gasteiger charge is -2.05. The molecule has 86 valence electrons. The Bertz CT molecular complexity index is 445. The van der Waals surface area contributed by atoms with Crippen molar-refractivity contribution < 1.29 is 17.6 Å². The van der Waals surface area contributed by atoms with Crippen molar-refractivity contribution in [3.63, 3.8) is 0 Å². The average molecular weight is 230 g/mol. The molecule has 1 N–H and O–H groups in total. The molecule has 0 fully saturated rings. The van der Waals surface area contributed by atoms with E-state index in [1.54, 1.807) is 24.3 Å². The van der Waals surface area contributed by atoms with E-state index in [1.807, 2.05) is 0 Å². The molecular formula is C10H9F3N2O. The predicted octanol–water partition coefficient (Wildman–Crippen LogP) is 2.48. The molecule has 0 radical (unpaired) electrons. The second-order valence-electron chi connectivity index (χ2n) is 3.29. The van der Waals surface area contributed by atoms with Gasteiger partial charge in [-0.2, -0.15) is 13.2 Å². The summed E-state index contributed by atoms with van der Waals surface area (Å²) in [7, 11) is 0. The van der Waals surface area contributed by atoms with Crippen LogP contribution in [0, 0.1) is 0 Å². The monoisotopic (exact) mass is 230 g/mol. The Balaban J connectivity index is 2.00. The Kier molecular flexibility index (Phi) is 2.82. The largest absolute Gasteiger partial charge is 0.439 e. The van der Waals surface area contributed by atoms with Crippen molar-refractivity contribution >= 4 is 11.1 Å². The lowest BCUT2D eigenvalue weighted by molar-refractivity contribution is -0.125. The van der Waals surface area contributed by atoms with Gasteiger partial charge in [0.15, 0.2) is 5.58 Å². The lowest BCUT2D eigenvalue weighted by Crippen LogP contribution is -2.28. The standard InChI is InChI=1S/C10H9F3N2O/c11-10(12,13)6-14-5-9-15-7-3-1-2-4-8(7)16-9/h1-4,14H,5-6H2. The van der Waals surface area contributed by atoms with Gasteiger partial charge in [-0.3, -0.25) is 0 Å². The lowest BCUT2D eigenvalue weighted by atomic mass is 10.3. The maximum atomic E-state index is 11.8. The molecular weight excluding hydrogens is 221 g/mol. The Morgan fingerprint density at radius 1 is 1.25 bits per heavy atom. The second-order valence-corrected chi connectivity index (χ2v) is 3.29. The highest BCUT2D eigenvalue weighted by Crippen LogP contribution is 2.15. The molecule has 0 saturated carbocycles. The summed E-state index contributed by atoms with van der Waals surface area (Å²) in [5, 5.41) is 2.22. The summed E-state index contributed by atoms with van der Waals surface area (Å²) in [6, 6.07) is 7.03. The summed E-state index contributed by atoms with van der Waals surface area (Å²) in [6.07, 6.45) is -4.22. The van der Waals surface area contributed by atoms with Crippen LogP contribution in [-0.4, -0.2) is 17.7 Å². The first-order valence-electron chi connectivity index (χ1n) is 4.66. The fraction of sp³-hybridized carbons (Fsp3) is 0.300. The van der Waals surface area contributed by atoms with E-state index in [1.165, 1.54) is 0 Å². The minimum atomic E-state index is -4.22. The quantitative estimate of drug-likeness (QED) is 0.880. The van der Waals surface area contributed by atoms with Crippen molar-refractivity contribution in [2.45, 2.75) is 12.7 Å². The maximum absolute atomic E-state index is 11.8. The molecule has 0 atom stereocenters. The van der Waals surface area contributed by atoms with Gasteiger partial charge in [-0.1, -0.05) is 12.1 Å². The van der Waals surface area contributed by atoms with Crippen LogP contribution in [0.4, 0.5) is 13.2 Å². The maximum Gasteiger partial charge on any atom is 0.401 e. The Morgan fingerprint density at radius 3 is 2.69 bits per heavy atom. The zero-order valence-electron chi connectivity index (χ0n) is 8.21. The number of nitrogens with one attached hydrogen (secondary N) is 1. The highest BCUT2D eigenvalue weighted by Gasteiger charge is 2.26. The normalized spacial score (nSPS) is 12.2. The van der Waals surface area contributed by atoms with Crippen LogP contribution in [0.2, 0.25) is 0 Å². The van der Waals surface area contributed by atoms with E-state index in [2.05, 4.69) is 10.3 Å². The zero-order valence-corrected chi connectivity index (χ0v) is 8.21. The second kappa shape index (κ2) is 4.13. The number of para-hydroxylation sites is 2. The number of rotatable bonds is 3. The predicted molar refractivity (Wildman–Crippen MR) is 51.8 cm³/mol. The molecule has 1 aromatic carbocycles. The first-order chi connectivity index (χ1) is 7.54. The van der Waals surface area contributed by atoms with E-state index in [0.717, 1.165) is 0 Å². The van der Waals surface area contributed by atoms with Gasteiger partial charge in [-0.15, -0.1) is 0 Å². The molecule has 2 rings (SSSR count). The van der Waals surface area contributed by atoms with E-state index in [-0.39, 0.29) is 12.4 Å². The molecule has 0 bridgehead atoms. The molecule has 0 spiro atoms. The van der Waals surface area contributed by atoms with Crippen LogP contribution < -0.4 is 5.32 Å². The first-order valence-corrected chi connectivity index (χ1v) is 4.66. The number of nitrogens with zero attached hydrogens (tertiary/aromatic N) is 1. The molecule has 1 aromatic heterocycles. The van der Waals surface area contributed by atoms with Crippen LogP contribution in [0.3, 0.4) is 0 Å². The van der Waals surface area contributed by atoms with E-state index >= 15 is 0 Å². The number of halogens is 3. The fourth-order valence-corrected chi connectivity index (χ4v) is 1.31. The smallest absolute Gasteiger partial charge is 0.401 e. The SMILES string of the molecule is FC(F)(F)CNCc1nc2ccccc2o1. The summed E-state index contributed by atoms with van der Waals surface area (Å²) in [4.78, 5) is 4.04. The number of fused-ring (bicyclic) bond motifs is 1. The number of hydrogen-bond donors (Lipinski definition) is 1. The zero-order chi connectivity index (χ0) is 11.6. The summed E-state index contributed by atoms with van der Waals surface area (Å²) in [5.41, 5.74) is 1.22. The Labute approximate surface area is 89.3 Å². The van der Waals surface area contributed by atoms with Gasteiger partial charge in [0.05, 0.1) is 13.1 Å². The third-order valence-electron chi connectivity index (χ3n) is 1.94. The minimum absolute atomic E-state index is 0.0335. The number of aromatic nitrogens is 1. The molecule has 3 nitrogen and oxygen atoms in total. The van der Waals surface area contributed by atoms with Crippen molar-refractivity contribution in [2.75, 3.05) is 6.54 Å². The van der Waals surface area contributed by atoms with Gasteiger partial charge in [0.25, 0.3) is 0 Å². The third-order valence-corrected chi connectivity index (χ3v) is 1.94. The highest BCUT2D eigenvalue weighted by atomic mass is 19.4. The molecule has 0 aliphatic rings. The fourth-order valence-electron chi connectivity index (χ4n) is 1.31. The van der Waals surface area contributed by atoms with Gasteiger partial charge >= 0.3 is 6.18 Å². The molecule has 16 heavy (non-hydrogen) atoms. The van der Waals surface area contributed by atoms with Crippen LogP contribution >= 0.6 is 0 Å². The molecule has 0 unspecified atom stereocenters. The van der Waals surface area contributed by atoms with E-state index in [4.69, 9.17) is 4.42 Å². The Morgan fingerprint density at radius 2 is 2.00 bits per heavy atom. The van der Waals surface area contributed by atoms with Gasteiger partial charge in [0.2, 0.25) is 5.89 Å². The van der Waals surface area contributed by atoms with Gasteiger partial charge in [-0.05, 0) is 12.1 Å². The molecule has 2 aromatic rings. The molecule has 1 heterocycles. The van der Waals surface area contributed by atoms with Crippen molar-refractivity contribution in [3.05, 3.63) is 30.2 Å². The van der Waals surface area contributed by atoms with E-state index in [0.29, 0.717) is 11.1 Å². The molecule has 0 amide bonds. The van der Waals surface area contributed by atoms with E-state index in [9.17, 15) is 13.2 Å². The molecule has 0 saturated heterocycles. The third kappa shape index (κ3) is 2.73. The summed E-state index contributed by atoms with van der Waals surface area (Å²) < 4.78 is 40.8. The van der Waals surface area contributed by atoms with Gasteiger partial charge in [-0.25, -0.2) is 4.98 Å². The summed E-state index contributed by atoms with van der Waals surface area (Å²) in [5.74, 6) is 0.255. The molecule has 0 aliphatic carbocycles. The van der Waals surface area contributed by atoms with Gasteiger partial charge in [0, 0.05) is 0 Å². The van der Waals surface area contributed by atoms with Crippen LogP contribution in [0.15, 0.2) is 28.7 Å². The van der Waals surface area contributed by atoms with Crippen LogP contribution in [0.1, 0.15) is 5.89 Å². The number of benzene rings is 1. The number of alkyl halides is 3. The van der Waals surface area contributed by atoms with Gasteiger partial charge < -0.3 is 9.73 Å². The molecule has 0 aliphatic heterocycles. The first kappa shape index (κ1) is 10.9. The highest BCUT2D eigenvalue weighted by molar-refractivity contribution is 5.72. The van der Waals surface area contributed by atoms with Crippen molar-refractivity contribution in [1.29, 1.82) is 0 Å². The number of hydrogen-bond acceptors (Lipinski definition) is 3. The topological polar surface area (TPSA) is 38.1 Å². The van der Waals surface area contributed by atoms with Crippen molar-refractivity contribution in [1.82, 2.24) is 10.3 Å². The van der Waals surface area contributed by atoms with Crippen LogP contribution in [0.5, 0.6) is 0 Å². The number of oxazole rings is 1. The van der Waals surface area contributed by atoms with E-state index < -0.39 is 12.7 Å². The van der Waals surface area contributed by atoms with Crippen molar-refractivity contribution in [2.24, 2.45) is 0 Å². The summed E-state index contributed by atoms with van der Waals surface area (Å²) in [6.45, 7) is -1.08. The van der Waals surface area contributed by atoms with Crippen LogP contribution in [0.25, 0.3) is 11.1 Å². The molecule has 6 heteroatoms. The van der Waals surface area contributed by atoms with Crippen molar-refractivity contribution in [3.8, 4) is 0 Å². The Hall–Kier alpha value is -1.56. The van der Waals surface area contributed by atoms with Gasteiger partial charge in [0.1, 0.15) is 5.52 Å². The average Bonchev–Trinajstić information content (AvgIpc) is 2.57. The minimum Gasteiger partial charge on any atom is -0.439 e. The summed E-state index contributed by atoms with van der Waals surface area (Å²) >= 11 is 0.